The maximum atomic E-state index is 5.37. The number of hydrogen-bond donors (Lipinski definition) is 2. The zero-order valence-corrected chi connectivity index (χ0v) is 15.6. The largest absolute Gasteiger partial charge is 0.469 e. The average Bonchev–Trinajstić information content (AvgIpc) is 3.38. The highest BCUT2D eigenvalue weighted by Crippen LogP contribution is 2.28. The van der Waals surface area contributed by atoms with Gasteiger partial charge >= 0.3 is 0 Å². The fraction of sp³-hybridized carbons (Fsp3) is 0.500. The van der Waals surface area contributed by atoms with Crippen molar-refractivity contribution in [3.05, 3.63) is 54.3 Å². The maximum Gasteiger partial charge on any atom is 0.191 e. The second kappa shape index (κ2) is 9.27. The number of furan rings is 1. The molecule has 3 rings (SSSR count). The number of nitrogens with one attached hydrogen (secondary N) is 2. The number of rotatable bonds is 8. The SMILES string of the molecule is C=C(C)CNC(=NCc1ccn(C2CCCC2)n1)NCCc1ccco1. The molecule has 1 aliphatic carbocycles. The fourth-order valence-electron chi connectivity index (χ4n) is 3.16. The number of hydrogen-bond acceptors (Lipinski definition) is 3. The van der Waals surface area contributed by atoms with Gasteiger partial charge in [-0.05, 0) is 38.0 Å². The van der Waals surface area contributed by atoms with E-state index in [0.29, 0.717) is 19.1 Å². The third-order valence-corrected chi connectivity index (χ3v) is 4.56. The minimum absolute atomic E-state index is 0.562. The first-order valence-electron chi connectivity index (χ1n) is 9.43. The summed E-state index contributed by atoms with van der Waals surface area (Å²) in [5.41, 5.74) is 2.07. The Bertz CT molecular complexity index is 710. The van der Waals surface area contributed by atoms with Crippen LogP contribution < -0.4 is 10.6 Å². The molecule has 0 spiro atoms. The predicted octanol–water partition coefficient (Wildman–Crippen LogP) is 3.45. The minimum Gasteiger partial charge on any atom is -0.469 e. The lowest BCUT2D eigenvalue weighted by atomic mass is 10.3. The second-order valence-electron chi connectivity index (χ2n) is 6.96. The number of aliphatic imine (C=N–C) groups is 1. The molecule has 26 heavy (non-hydrogen) atoms. The average molecular weight is 355 g/mol. The molecule has 6 nitrogen and oxygen atoms in total. The van der Waals surface area contributed by atoms with E-state index < -0.39 is 0 Å². The first-order valence-corrected chi connectivity index (χ1v) is 9.43. The Balaban J connectivity index is 1.54. The Morgan fingerprint density at radius 3 is 2.92 bits per heavy atom. The van der Waals surface area contributed by atoms with Crippen molar-refractivity contribution in [2.45, 2.75) is 51.6 Å². The molecule has 0 unspecified atom stereocenters. The number of aromatic nitrogens is 2. The molecule has 0 aliphatic heterocycles. The second-order valence-corrected chi connectivity index (χ2v) is 6.96. The van der Waals surface area contributed by atoms with Crippen LogP contribution in [0.3, 0.4) is 0 Å². The van der Waals surface area contributed by atoms with Gasteiger partial charge in [0, 0.05) is 25.7 Å². The number of guanidine groups is 1. The van der Waals surface area contributed by atoms with E-state index in [-0.39, 0.29) is 0 Å². The predicted molar refractivity (Wildman–Crippen MR) is 104 cm³/mol. The Morgan fingerprint density at radius 2 is 2.19 bits per heavy atom. The highest BCUT2D eigenvalue weighted by Gasteiger charge is 2.17. The van der Waals surface area contributed by atoms with E-state index in [4.69, 9.17) is 9.52 Å². The van der Waals surface area contributed by atoms with Crippen LogP contribution >= 0.6 is 0 Å². The summed E-state index contributed by atoms with van der Waals surface area (Å²) in [6, 6.07) is 6.53. The van der Waals surface area contributed by atoms with Gasteiger partial charge in [0.2, 0.25) is 0 Å². The van der Waals surface area contributed by atoms with Crippen LogP contribution in [0.15, 0.2) is 52.2 Å². The van der Waals surface area contributed by atoms with Crippen molar-refractivity contribution in [2.75, 3.05) is 13.1 Å². The summed E-state index contributed by atoms with van der Waals surface area (Å²) in [6.07, 6.45) is 9.71. The fourth-order valence-corrected chi connectivity index (χ4v) is 3.16. The zero-order valence-electron chi connectivity index (χ0n) is 15.6. The summed E-state index contributed by atoms with van der Waals surface area (Å²) in [5, 5.41) is 11.4. The molecule has 0 radical (unpaired) electrons. The van der Waals surface area contributed by atoms with Crippen LogP contribution in [0.25, 0.3) is 0 Å². The van der Waals surface area contributed by atoms with E-state index in [1.165, 1.54) is 25.7 Å². The van der Waals surface area contributed by atoms with Crippen LogP contribution in [0.5, 0.6) is 0 Å². The molecule has 2 heterocycles. The summed E-state index contributed by atoms with van der Waals surface area (Å²) < 4.78 is 7.48. The third-order valence-electron chi connectivity index (χ3n) is 4.56. The summed E-state index contributed by atoms with van der Waals surface area (Å²) in [5.74, 6) is 1.74. The summed E-state index contributed by atoms with van der Waals surface area (Å²) in [6.45, 7) is 7.95. The summed E-state index contributed by atoms with van der Waals surface area (Å²) >= 11 is 0. The van der Waals surface area contributed by atoms with E-state index in [1.807, 2.05) is 19.1 Å². The molecule has 2 aromatic rings. The molecule has 0 aromatic carbocycles. The molecule has 0 amide bonds. The molecular formula is C20H29N5O. The van der Waals surface area contributed by atoms with Crippen LogP contribution in [0.2, 0.25) is 0 Å². The van der Waals surface area contributed by atoms with Gasteiger partial charge in [-0.1, -0.05) is 25.0 Å². The first-order chi connectivity index (χ1) is 12.7. The standard InChI is InChI=1S/C20H29N5O/c1-16(2)14-22-20(21-11-9-19-8-5-13-26-19)23-15-17-10-12-25(24-17)18-6-3-4-7-18/h5,8,10,12-13,18H,1,3-4,6-7,9,11,14-15H2,2H3,(H2,21,22,23). The maximum absolute atomic E-state index is 5.37. The van der Waals surface area contributed by atoms with Gasteiger partial charge in [0.05, 0.1) is 24.5 Å². The topological polar surface area (TPSA) is 67.4 Å². The van der Waals surface area contributed by atoms with Crippen molar-refractivity contribution in [1.29, 1.82) is 0 Å². The molecular weight excluding hydrogens is 326 g/mol. The highest BCUT2D eigenvalue weighted by atomic mass is 16.3. The van der Waals surface area contributed by atoms with E-state index in [2.05, 4.69) is 39.1 Å². The van der Waals surface area contributed by atoms with Gasteiger partial charge in [-0.25, -0.2) is 4.99 Å². The highest BCUT2D eigenvalue weighted by molar-refractivity contribution is 5.80. The lowest BCUT2D eigenvalue weighted by Crippen LogP contribution is -2.39. The lowest BCUT2D eigenvalue weighted by molar-refractivity contribution is 0.463. The van der Waals surface area contributed by atoms with Gasteiger partial charge in [0.15, 0.2) is 5.96 Å². The van der Waals surface area contributed by atoms with Crippen molar-refractivity contribution in [3.63, 3.8) is 0 Å². The zero-order chi connectivity index (χ0) is 18.2. The third kappa shape index (κ3) is 5.51. The molecule has 2 N–H and O–H groups in total. The molecule has 1 saturated carbocycles. The van der Waals surface area contributed by atoms with Gasteiger partial charge in [-0.3, -0.25) is 4.68 Å². The minimum atomic E-state index is 0.562. The first kappa shape index (κ1) is 18.3. The van der Waals surface area contributed by atoms with Crippen molar-refractivity contribution >= 4 is 5.96 Å². The Morgan fingerprint density at radius 1 is 1.35 bits per heavy atom. The molecule has 0 saturated heterocycles. The number of nitrogens with zero attached hydrogens (tertiary/aromatic N) is 3. The van der Waals surface area contributed by atoms with Crippen LogP contribution in [-0.4, -0.2) is 28.8 Å². The Hall–Kier alpha value is -2.50. The van der Waals surface area contributed by atoms with E-state index in [0.717, 1.165) is 36.0 Å². The van der Waals surface area contributed by atoms with Gasteiger partial charge < -0.3 is 15.1 Å². The van der Waals surface area contributed by atoms with Gasteiger partial charge in [-0.15, -0.1) is 0 Å². The summed E-state index contributed by atoms with van der Waals surface area (Å²) in [4.78, 5) is 4.67. The molecule has 140 valence electrons. The molecule has 1 fully saturated rings. The Kier molecular flexibility index (Phi) is 6.52. The monoisotopic (exact) mass is 355 g/mol. The van der Waals surface area contributed by atoms with Crippen molar-refractivity contribution in [3.8, 4) is 0 Å². The molecule has 2 aromatic heterocycles. The van der Waals surface area contributed by atoms with Crippen LogP contribution in [0.1, 0.15) is 50.1 Å². The van der Waals surface area contributed by atoms with Crippen molar-refractivity contribution in [2.24, 2.45) is 4.99 Å². The molecule has 0 atom stereocenters. The van der Waals surface area contributed by atoms with Gasteiger partial charge in [0.1, 0.15) is 5.76 Å². The van der Waals surface area contributed by atoms with Crippen molar-refractivity contribution in [1.82, 2.24) is 20.4 Å². The Labute approximate surface area is 155 Å². The van der Waals surface area contributed by atoms with Gasteiger partial charge in [-0.2, -0.15) is 5.10 Å². The smallest absolute Gasteiger partial charge is 0.191 e. The molecule has 0 bridgehead atoms. The quantitative estimate of drug-likeness (QED) is 0.432. The summed E-state index contributed by atoms with van der Waals surface area (Å²) in [7, 11) is 0. The lowest BCUT2D eigenvalue weighted by Gasteiger charge is -2.12. The van der Waals surface area contributed by atoms with Crippen LogP contribution in [0.4, 0.5) is 0 Å². The normalized spacial score (nSPS) is 15.3. The van der Waals surface area contributed by atoms with E-state index >= 15 is 0 Å². The van der Waals surface area contributed by atoms with Gasteiger partial charge in [0.25, 0.3) is 0 Å². The van der Waals surface area contributed by atoms with Crippen LogP contribution in [0, 0.1) is 0 Å². The molecule has 1 aliphatic rings. The molecule has 6 heteroatoms. The van der Waals surface area contributed by atoms with Crippen LogP contribution in [-0.2, 0) is 13.0 Å². The van der Waals surface area contributed by atoms with E-state index in [1.54, 1.807) is 6.26 Å². The van der Waals surface area contributed by atoms with E-state index in [9.17, 15) is 0 Å². The van der Waals surface area contributed by atoms with Crippen molar-refractivity contribution < 1.29 is 4.42 Å².